The van der Waals surface area contributed by atoms with Crippen LogP contribution in [0.25, 0.3) is 10.9 Å². The van der Waals surface area contributed by atoms with Crippen LogP contribution in [0.15, 0.2) is 53.8 Å². The van der Waals surface area contributed by atoms with Gasteiger partial charge in [-0.05, 0) is 62.3 Å². The molecule has 0 bridgehead atoms. The fourth-order valence-corrected chi connectivity index (χ4v) is 5.66. The van der Waals surface area contributed by atoms with Crippen molar-refractivity contribution < 1.29 is 27.6 Å². The summed E-state index contributed by atoms with van der Waals surface area (Å²) in [6.45, 7) is 14.0. The summed E-state index contributed by atoms with van der Waals surface area (Å²) in [5.41, 5.74) is 0.264. The van der Waals surface area contributed by atoms with Gasteiger partial charge in [0, 0.05) is 30.5 Å². The summed E-state index contributed by atoms with van der Waals surface area (Å²) in [6, 6.07) is 8.42. The molecule has 1 fully saturated rings. The molecule has 9 nitrogen and oxygen atoms in total. The number of hydrogen-bond acceptors (Lipinski definition) is 6. The molecule has 0 unspecified atom stereocenters. The van der Waals surface area contributed by atoms with Crippen molar-refractivity contribution in [1.29, 1.82) is 0 Å². The van der Waals surface area contributed by atoms with Gasteiger partial charge in [0.15, 0.2) is 0 Å². The number of pyridine rings is 1. The quantitative estimate of drug-likeness (QED) is 0.481. The van der Waals surface area contributed by atoms with Crippen LogP contribution in [0, 0.1) is 5.41 Å². The minimum absolute atomic E-state index is 0.0317. The molecule has 11 heteroatoms. The molecule has 37 heavy (non-hydrogen) atoms. The van der Waals surface area contributed by atoms with E-state index in [1.165, 1.54) is 33.5 Å². The maximum atomic E-state index is 13.7. The van der Waals surface area contributed by atoms with Crippen LogP contribution in [0.5, 0.6) is 0 Å². The van der Waals surface area contributed by atoms with Crippen LogP contribution in [-0.2, 0) is 25.9 Å². The Balaban J connectivity index is 1.86. The van der Waals surface area contributed by atoms with Gasteiger partial charge in [-0.3, -0.25) is 4.98 Å². The average molecular weight is 527 g/mol. The third-order valence-electron chi connectivity index (χ3n) is 6.89. The molecule has 0 atom stereocenters. The van der Waals surface area contributed by atoms with E-state index in [9.17, 15) is 18.3 Å². The molecular weight excluding hydrogens is 493 g/mol. The van der Waals surface area contributed by atoms with E-state index in [4.69, 9.17) is 9.31 Å². The Bertz CT molecular complexity index is 1410. The van der Waals surface area contributed by atoms with Gasteiger partial charge >= 0.3 is 13.2 Å². The summed E-state index contributed by atoms with van der Waals surface area (Å²) in [5, 5.41) is 10.5. The van der Waals surface area contributed by atoms with Gasteiger partial charge in [0.05, 0.1) is 23.3 Å². The molecule has 1 aliphatic rings. The van der Waals surface area contributed by atoms with Gasteiger partial charge in [-0.2, -0.15) is 0 Å². The minimum Gasteiger partial charge on any atom is -0.465 e. The van der Waals surface area contributed by atoms with Crippen molar-refractivity contribution in [1.82, 2.24) is 13.9 Å². The van der Waals surface area contributed by atoms with Crippen LogP contribution < -0.4 is 5.46 Å². The molecule has 1 saturated heterocycles. The van der Waals surface area contributed by atoms with Gasteiger partial charge < -0.3 is 19.3 Å². The highest BCUT2D eigenvalue weighted by Gasteiger charge is 2.51. The largest absolute Gasteiger partial charge is 0.494 e. The fraction of sp³-hybridized carbons (Fsp3) is 0.462. The van der Waals surface area contributed by atoms with E-state index in [1.54, 1.807) is 18.2 Å². The number of carboxylic acid groups (broad SMARTS) is 1. The Kier molecular flexibility index (Phi) is 6.71. The molecule has 0 spiro atoms. The van der Waals surface area contributed by atoms with Crippen LogP contribution in [0.1, 0.15) is 54.0 Å². The molecule has 0 radical (unpaired) electrons. The molecule has 1 N–H and O–H groups in total. The second-order valence-corrected chi connectivity index (χ2v) is 13.5. The lowest BCUT2D eigenvalue weighted by atomic mass is 9.79. The first-order valence-electron chi connectivity index (χ1n) is 12.1. The fourth-order valence-electron chi connectivity index (χ4n) is 4.32. The van der Waals surface area contributed by atoms with E-state index in [1.807, 2.05) is 54.5 Å². The zero-order valence-corrected chi connectivity index (χ0v) is 23.2. The third-order valence-corrected chi connectivity index (χ3v) is 8.55. The molecule has 3 heterocycles. The summed E-state index contributed by atoms with van der Waals surface area (Å²) in [5.74, 6) is 0. The summed E-state index contributed by atoms with van der Waals surface area (Å²) >= 11 is 0. The molecular formula is C26H34BN3O6S. The lowest BCUT2D eigenvalue weighted by Gasteiger charge is -2.32. The molecule has 1 amide bonds. The summed E-state index contributed by atoms with van der Waals surface area (Å²) in [7, 11) is -4.70. The first-order chi connectivity index (χ1) is 17.0. The lowest BCUT2D eigenvalue weighted by molar-refractivity contribution is 0.00578. The molecule has 1 aromatic carbocycles. The Labute approximate surface area is 218 Å². The van der Waals surface area contributed by atoms with Crippen molar-refractivity contribution in [3.63, 3.8) is 0 Å². The number of benzene rings is 1. The first kappa shape index (κ1) is 27.2. The monoisotopic (exact) mass is 527 g/mol. The van der Waals surface area contributed by atoms with Crippen LogP contribution in [0.2, 0.25) is 0 Å². The molecule has 3 aromatic rings. The number of carbonyl (C=O) groups is 1. The molecule has 4 rings (SSSR count). The van der Waals surface area contributed by atoms with Crippen molar-refractivity contribution >= 4 is 39.6 Å². The van der Waals surface area contributed by atoms with E-state index in [0.717, 1.165) is 0 Å². The maximum absolute atomic E-state index is 13.7. The van der Waals surface area contributed by atoms with E-state index >= 15 is 0 Å². The first-order valence-corrected chi connectivity index (χ1v) is 13.6. The number of nitrogens with zero attached hydrogens (tertiary/aromatic N) is 3. The highest BCUT2D eigenvalue weighted by atomic mass is 32.2. The Morgan fingerprint density at radius 1 is 1.14 bits per heavy atom. The normalized spacial score (nSPS) is 17.3. The zero-order valence-electron chi connectivity index (χ0n) is 22.3. The van der Waals surface area contributed by atoms with E-state index in [-0.39, 0.29) is 23.4 Å². The van der Waals surface area contributed by atoms with Crippen LogP contribution in [0.3, 0.4) is 0 Å². The topological polar surface area (TPSA) is 111 Å². The summed E-state index contributed by atoms with van der Waals surface area (Å²) in [6.07, 6.45) is 3.23. The molecule has 1 aliphatic heterocycles. The van der Waals surface area contributed by atoms with Gasteiger partial charge in [-0.1, -0.05) is 32.9 Å². The lowest BCUT2D eigenvalue weighted by Crippen LogP contribution is -2.41. The second kappa shape index (κ2) is 9.14. The molecule has 2 aromatic heterocycles. The van der Waals surface area contributed by atoms with E-state index in [0.29, 0.717) is 21.9 Å². The van der Waals surface area contributed by atoms with Gasteiger partial charge in [0.1, 0.15) is 4.90 Å². The SMILES string of the molecule is CC(C)(C)CN(Cc1cn(S(=O)(=O)c2cccnc2)c2cc(B3OC(C)(C)C(C)(C)O3)ccc12)C(=O)O. The number of amides is 1. The third kappa shape index (κ3) is 5.25. The number of rotatable bonds is 6. The zero-order chi connectivity index (χ0) is 27.4. The van der Waals surface area contributed by atoms with Crippen LogP contribution in [0.4, 0.5) is 4.79 Å². The van der Waals surface area contributed by atoms with Gasteiger partial charge in [0.25, 0.3) is 10.0 Å². The number of hydrogen-bond donors (Lipinski definition) is 1. The Morgan fingerprint density at radius 3 is 2.32 bits per heavy atom. The molecule has 0 saturated carbocycles. The highest BCUT2D eigenvalue weighted by Crippen LogP contribution is 2.37. The molecule has 198 valence electrons. The van der Waals surface area contributed by atoms with Crippen molar-refractivity contribution in [3.05, 3.63) is 54.5 Å². The molecule has 0 aliphatic carbocycles. The maximum Gasteiger partial charge on any atom is 0.494 e. The van der Waals surface area contributed by atoms with E-state index < -0.39 is 34.4 Å². The van der Waals surface area contributed by atoms with Gasteiger partial charge in [-0.15, -0.1) is 0 Å². The van der Waals surface area contributed by atoms with Crippen LogP contribution in [-0.4, -0.2) is 58.3 Å². The number of aromatic nitrogens is 2. The second-order valence-electron chi connectivity index (χ2n) is 11.7. The summed E-state index contributed by atoms with van der Waals surface area (Å²) in [4.78, 5) is 17.4. The van der Waals surface area contributed by atoms with Crippen molar-refractivity contribution in [2.24, 2.45) is 5.41 Å². The number of fused-ring (bicyclic) bond motifs is 1. The standard InChI is InChI=1S/C26H34BN3O6S/c1-24(2,3)17-29(23(31)32)15-18-16-30(37(33,34)20-9-8-12-28-14-20)22-13-19(10-11-21(18)22)27-35-25(4,5)26(6,7)36-27/h8-14,16H,15,17H2,1-7H3,(H,31,32). The van der Waals surface area contributed by atoms with Gasteiger partial charge in [-0.25, -0.2) is 17.2 Å². The minimum atomic E-state index is -4.02. The Hall–Kier alpha value is -2.89. The smallest absolute Gasteiger partial charge is 0.465 e. The Morgan fingerprint density at radius 2 is 1.78 bits per heavy atom. The highest BCUT2D eigenvalue weighted by molar-refractivity contribution is 7.90. The predicted molar refractivity (Wildman–Crippen MR) is 142 cm³/mol. The van der Waals surface area contributed by atoms with Gasteiger partial charge in [0.2, 0.25) is 0 Å². The van der Waals surface area contributed by atoms with Crippen molar-refractivity contribution in [2.45, 2.75) is 71.1 Å². The summed E-state index contributed by atoms with van der Waals surface area (Å²) < 4.78 is 40.9. The van der Waals surface area contributed by atoms with Crippen molar-refractivity contribution in [2.75, 3.05) is 6.54 Å². The van der Waals surface area contributed by atoms with Crippen LogP contribution >= 0.6 is 0 Å². The van der Waals surface area contributed by atoms with Crippen molar-refractivity contribution in [3.8, 4) is 0 Å². The average Bonchev–Trinajstić information content (AvgIpc) is 3.26. The predicted octanol–water partition coefficient (Wildman–Crippen LogP) is 4.10. The van der Waals surface area contributed by atoms with E-state index in [2.05, 4.69) is 4.98 Å².